The fraction of sp³-hybridized carbons (Fsp3) is 0.545. The summed E-state index contributed by atoms with van der Waals surface area (Å²) in [5.41, 5.74) is 6.26. The van der Waals surface area contributed by atoms with Crippen molar-refractivity contribution in [3.8, 4) is 0 Å². The smallest absolute Gasteiger partial charge is 0.141 e. The summed E-state index contributed by atoms with van der Waals surface area (Å²) in [4.78, 5) is 4.01. The van der Waals surface area contributed by atoms with Crippen molar-refractivity contribution in [1.29, 1.82) is 0 Å². The van der Waals surface area contributed by atoms with Crippen LogP contribution in [0.5, 0.6) is 0 Å². The normalized spacial score (nSPS) is 12.7. The molecule has 1 unspecified atom stereocenters. The molecule has 1 heterocycles. The number of halogens is 1. The van der Waals surface area contributed by atoms with Crippen LogP contribution < -0.4 is 11.1 Å². The molecule has 0 aliphatic heterocycles. The predicted octanol–water partition coefficient (Wildman–Crippen LogP) is 1.61. The maximum Gasteiger partial charge on any atom is 0.141 e. The van der Waals surface area contributed by atoms with Gasteiger partial charge < -0.3 is 11.1 Å². The van der Waals surface area contributed by atoms with Gasteiger partial charge in [0, 0.05) is 6.04 Å². The second kappa shape index (κ2) is 6.48. The summed E-state index contributed by atoms with van der Waals surface area (Å²) < 4.78 is 12.6. The Morgan fingerprint density at radius 1 is 1.47 bits per heavy atom. The van der Waals surface area contributed by atoms with Crippen molar-refractivity contribution >= 4 is 0 Å². The minimum Gasteiger partial charge on any atom is -0.330 e. The molecular formula is C11H18FN3. The molecule has 0 aromatic carbocycles. The molecule has 1 atom stereocenters. The van der Waals surface area contributed by atoms with E-state index in [2.05, 4.69) is 10.3 Å². The average molecular weight is 211 g/mol. The van der Waals surface area contributed by atoms with Gasteiger partial charge in [-0.25, -0.2) is 4.39 Å². The quantitative estimate of drug-likeness (QED) is 0.703. The van der Waals surface area contributed by atoms with Crippen molar-refractivity contribution < 1.29 is 4.39 Å². The van der Waals surface area contributed by atoms with E-state index in [0.29, 0.717) is 0 Å². The lowest BCUT2D eigenvalue weighted by molar-refractivity contribution is 0.535. The molecule has 1 rings (SSSR count). The van der Waals surface area contributed by atoms with Crippen molar-refractivity contribution in [2.45, 2.75) is 25.8 Å². The second-order valence-electron chi connectivity index (χ2n) is 3.57. The highest BCUT2D eigenvalue weighted by Crippen LogP contribution is 2.09. The van der Waals surface area contributed by atoms with Gasteiger partial charge in [-0.15, -0.1) is 0 Å². The van der Waals surface area contributed by atoms with Crippen molar-refractivity contribution in [1.82, 2.24) is 10.3 Å². The number of pyridine rings is 1. The highest BCUT2D eigenvalue weighted by atomic mass is 19.1. The Hall–Kier alpha value is -1.00. The molecule has 0 radical (unpaired) electrons. The van der Waals surface area contributed by atoms with E-state index < -0.39 is 0 Å². The summed E-state index contributed by atoms with van der Waals surface area (Å²) in [5, 5.41) is 3.31. The summed E-state index contributed by atoms with van der Waals surface area (Å²) in [6, 6.07) is 3.29. The maximum atomic E-state index is 12.6. The Bertz CT molecular complexity index is 274. The van der Waals surface area contributed by atoms with Gasteiger partial charge in [-0.1, -0.05) is 0 Å². The van der Waals surface area contributed by atoms with E-state index in [0.717, 1.165) is 31.6 Å². The molecule has 0 aliphatic carbocycles. The second-order valence-corrected chi connectivity index (χ2v) is 3.57. The lowest BCUT2D eigenvalue weighted by Crippen LogP contribution is -2.21. The Morgan fingerprint density at radius 3 is 2.87 bits per heavy atom. The van der Waals surface area contributed by atoms with E-state index >= 15 is 0 Å². The first-order chi connectivity index (χ1) is 7.24. The standard InChI is InChI=1S/C11H18FN3/c1-9(14-7-3-2-6-13)11-5-4-10(12)8-15-11/h4-5,8-9,14H,2-3,6-7,13H2,1H3. The molecule has 0 aliphatic rings. The molecule has 0 amide bonds. The van der Waals surface area contributed by atoms with Crippen LogP contribution in [0.2, 0.25) is 0 Å². The van der Waals surface area contributed by atoms with Gasteiger partial charge in [0.15, 0.2) is 0 Å². The minimum absolute atomic E-state index is 0.156. The first kappa shape index (κ1) is 12.1. The Kier molecular flexibility index (Phi) is 5.21. The SMILES string of the molecule is CC(NCCCCN)c1ccc(F)cn1. The molecule has 4 heteroatoms. The fourth-order valence-corrected chi connectivity index (χ4v) is 1.34. The molecule has 84 valence electrons. The van der Waals surface area contributed by atoms with Crippen LogP contribution in [0.25, 0.3) is 0 Å². The van der Waals surface area contributed by atoms with Crippen LogP contribution in [0.15, 0.2) is 18.3 Å². The van der Waals surface area contributed by atoms with Crippen LogP contribution in [-0.2, 0) is 0 Å². The largest absolute Gasteiger partial charge is 0.330 e. The van der Waals surface area contributed by atoms with E-state index in [1.807, 2.05) is 6.92 Å². The molecule has 0 spiro atoms. The molecular weight excluding hydrogens is 193 g/mol. The van der Waals surface area contributed by atoms with Crippen molar-refractivity contribution in [2.75, 3.05) is 13.1 Å². The van der Waals surface area contributed by atoms with Crippen LogP contribution in [0.3, 0.4) is 0 Å². The van der Waals surface area contributed by atoms with Crippen LogP contribution in [-0.4, -0.2) is 18.1 Å². The molecule has 0 saturated carbocycles. The highest BCUT2D eigenvalue weighted by molar-refractivity contribution is 5.08. The van der Waals surface area contributed by atoms with Crippen molar-refractivity contribution in [3.63, 3.8) is 0 Å². The summed E-state index contributed by atoms with van der Waals surface area (Å²) in [6.45, 7) is 3.66. The van der Waals surface area contributed by atoms with Gasteiger partial charge in [-0.2, -0.15) is 0 Å². The van der Waals surface area contributed by atoms with Gasteiger partial charge in [0.25, 0.3) is 0 Å². The van der Waals surface area contributed by atoms with E-state index in [1.54, 1.807) is 6.07 Å². The van der Waals surface area contributed by atoms with E-state index in [4.69, 9.17) is 5.73 Å². The van der Waals surface area contributed by atoms with E-state index in [-0.39, 0.29) is 11.9 Å². The molecule has 0 bridgehead atoms. The third kappa shape index (κ3) is 4.36. The minimum atomic E-state index is -0.297. The molecule has 3 nitrogen and oxygen atoms in total. The number of aromatic nitrogens is 1. The number of rotatable bonds is 6. The highest BCUT2D eigenvalue weighted by Gasteiger charge is 2.05. The number of nitrogens with zero attached hydrogens (tertiary/aromatic N) is 1. The third-order valence-corrected chi connectivity index (χ3v) is 2.28. The Morgan fingerprint density at radius 2 is 2.27 bits per heavy atom. The van der Waals surface area contributed by atoms with Crippen molar-refractivity contribution in [2.24, 2.45) is 5.73 Å². The summed E-state index contributed by atoms with van der Waals surface area (Å²) in [5.74, 6) is -0.297. The monoisotopic (exact) mass is 211 g/mol. The predicted molar refractivity (Wildman–Crippen MR) is 58.9 cm³/mol. The Labute approximate surface area is 89.9 Å². The maximum absolute atomic E-state index is 12.6. The Balaban J connectivity index is 2.33. The lowest BCUT2D eigenvalue weighted by atomic mass is 10.2. The summed E-state index contributed by atoms with van der Waals surface area (Å²) >= 11 is 0. The third-order valence-electron chi connectivity index (χ3n) is 2.28. The lowest BCUT2D eigenvalue weighted by Gasteiger charge is -2.12. The van der Waals surface area contributed by atoms with Gasteiger partial charge in [-0.05, 0) is 45.0 Å². The topological polar surface area (TPSA) is 50.9 Å². The molecule has 1 aromatic rings. The first-order valence-corrected chi connectivity index (χ1v) is 5.29. The summed E-state index contributed by atoms with van der Waals surface area (Å²) in [6.07, 6.45) is 3.33. The molecule has 0 saturated heterocycles. The van der Waals surface area contributed by atoms with E-state index in [9.17, 15) is 4.39 Å². The first-order valence-electron chi connectivity index (χ1n) is 5.29. The molecule has 3 N–H and O–H groups in total. The van der Waals surface area contributed by atoms with Crippen molar-refractivity contribution in [3.05, 3.63) is 29.8 Å². The van der Waals surface area contributed by atoms with Crippen LogP contribution in [0, 0.1) is 5.82 Å². The van der Waals surface area contributed by atoms with Crippen LogP contribution in [0.4, 0.5) is 4.39 Å². The van der Waals surface area contributed by atoms with E-state index in [1.165, 1.54) is 12.3 Å². The number of unbranched alkanes of at least 4 members (excludes halogenated alkanes) is 1. The van der Waals surface area contributed by atoms with Crippen LogP contribution >= 0.6 is 0 Å². The van der Waals surface area contributed by atoms with Gasteiger partial charge in [0.2, 0.25) is 0 Å². The number of nitrogens with two attached hydrogens (primary N) is 1. The zero-order valence-corrected chi connectivity index (χ0v) is 9.04. The zero-order chi connectivity index (χ0) is 11.1. The molecule has 1 aromatic heterocycles. The van der Waals surface area contributed by atoms with Gasteiger partial charge in [0.05, 0.1) is 11.9 Å². The van der Waals surface area contributed by atoms with Gasteiger partial charge in [0.1, 0.15) is 5.82 Å². The number of hydrogen-bond acceptors (Lipinski definition) is 3. The van der Waals surface area contributed by atoms with Gasteiger partial charge >= 0.3 is 0 Å². The van der Waals surface area contributed by atoms with Crippen LogP contribution in [0.1, 0.15) is 31.5 Å². The molecule has 0 fully saturated rings. The summed E-state index contributed by atoms with van der Waals surface area (Å²) in [7, 11) is 0. The average Bonchev–Trinajstić information content (AvgIpc) is 2.25. The number of nitrogens with one attached hydrogen (secondary N) is 1. The van der Waals surface area contributed by atoms with Gasteiger partial charge in [-0.3, -0.25) is 4.98 Å². The zero-order valence-electron chi connectivity index (χ0n) is 9.04. The number of hydrogen-bond donors (Lipinski definition) is 2. The fourth-order valence-electron chi connectivity index (χ4n) is 1.34. The molecule has 15 heavy (non-hydrogen) atoms.